The zero-order chi connectivity index (χ0) is 17.7. The number of benzene rings is 1. The van der Waals surface area contributed by atoms with Gasteiger partial charge >= 0.3 is 0 Å². The number of amides is 1. The van der Waals surface area contributed by atoms with Crippen LogP contribution in [0.15, 0.2) is 36.7 Å². The summed E-state index contributed by atoms with van der Waals surface area (Å²) in [6, 6.07) is 8.23. The average molecular weight is 347 g/mol. The highest BCUT2D eigenvalue weighted by Crippen LogP contribution is 2.44. The fourth-order valence-corrected chi connectivity index (χ4v) is 4.72. The molecule has 0 radical (unpaired) electrons. The Morgan fingerprint density at radius 2 is 2.15 bits per heavy atom. The summed E-state index contributed by atoms with van der Waals surface area (Å²) in [5.74, 6) is 1.34. The summed E-state index contributed by atoms with van der Waals surface area (Å²) in [4.78, 5) is 16.9. The van der Waals surface area contributed by atoms with Crippen LogP contribution in [0.3, 0.4) is 0 Å². The molecule has 2 saturated carbocycles. The molecule has 1 aromatic carbocycles. The molecule has 2 aliphatic carbocycles. The third-order valence-corrected chi connectivity index (χ3v) is 6.05. The molecule has 0 aliphatic heterocycles. The van der Waals surface area contributed by atoms with Crippen LogP contribution in [0.4, 0.5) is 0 Å². The maximum Gasteiger partial charge on any atom is 0.273 e. The lowest BCUT2D eigenvalue weighted by Gasteiger charge is -2.22. The van der Waals surface area contributed by atoms with Gasteiger partial charge in [-0.3, -0.25) is 9.78 Å². The smallest absolute Gasteiger partial charge is 0.273 e. The van der Waals surface area contributed by atoms with E-state index in [4.69, 9.17) is 0 Å². The highest BCUT2D eigenvalue weighted by molar-refractivity contribution is 5.94. The predicted octanol–water partition coefficient (Wildman–Crippen LogP) is 3.04. The number of fused-ring (bicyclic) bond motifs is 3. The summed E-state index contributed by atoms with van der Waals surface area (Å²) < 4.78 is 1.75. The summed E-state index contributed by atoms with van der Waals surface area (Å²) in [6.07, 6.45) is 8.53. The Labute approximate surface area is 151 Å². The van der Waals surface area contributed by atoms with Crippen LogP contribution in [0.1, 0.15) is 41.9 Å². The van der Waals surface area contributed by atoms with Gasteiger partial charge in [0.1, 0.15) is 0 Å². The van der Waals surface area contributed by atoms with Gasteiger partial charge in [0.25, 0.3) is 5.91 Å². The number of aromatic nitrogens is 4. The summed E-state index contributed by atoms with van der Waals surface area (Å²) in [7, 11) is 0. The SMILES string of the molecule is Cc1c(C(=O)NC2CC3CCC2C3)nnn1-c1cccc2cnccc12. The Hall–Kier alpha value is -2.76. The van der Waals surface area contributed by atoms with Gasteiger partial charge in [0, 0.05) is 29.2 Å². The number of nitrogens with one attached hydrogen (secondary N) is 1. The monoisotopic (exact) mass is 347 g/mol. The fraction of sp³-hybridized carbons (Fsp3) is 0.400. The number of hydrogen-bond donors (Lipinski definition) is 1. The van der Waals surface area contributed by atoms with Crippen molar-refractivity contribution in [1.29, 1.82) is 0 Å². The molecule has 2 aromatic heterocycles. The first-order valence-electron chi connectivity index (χ1n) is 9.27. The lowest BCUT2D eigenvalue weighted by atomic mass is 9.95. The summed E-state index contributed by atoms with van der Waals surface area (Å²) in [6.45, 7) is 1.90. The molecular formula is C20H21N5O. The van der Waals surface area contributed by atoms with E-state index in [0.29, 0.717) is 17.7 Å². The zero-order valence-electron chi connectivity index (χ0n) is 14.7. The summed E-state index contributed by atoms with van der Waals surface area (Å²) >= 11 is 0. The molecule has 1 amide bonds. The van der Waals surface area contributed by atoms with Crippen LogP contribution in [0.5, 0.6) is 0 Å². The molecule has 6 nitrogen and oxygen atoms in total. The van der Waals surface area contributed by atoms with Crippen molar-refractivity contribution >= 4 is 16.7 Å². The van der Waals surface area contributed by atoms with Crippen LogP contribution < -0.4 is 5.32 Å². The predicted molar refractivity (Wildman–Crippen MR) is 98.1 cm³/mol. The molecular weight excluding hydrogens is 326 g/mol. The lowest BCUT2D eigenvalue weighted by molar-refractivity contribution is 0.0917. The summed E-state index contributed by atoms with van der Waals surface area (Å²) in [5, 5.41) is 13.7. The van der Waals surface area contributed by atoms with E-state index < -0.39 is 0 Å². The van der Waals surface area contributed by atoms with E-state index in [-0.39, 0.29) is 5.91 Å². The molecule has 2 bridgehead atoms. The van der Waals surface area contributed by atoms with Gasteiger partial charge in [-0.15, -0.1) is 5.10 Å². The topological polar surface area (TPSA) is 72.7 Å². The Kier molecular flexibility index (Phi) is 3.51. The molecule has 3 atom stereocenters. The van der Waals surface area contributed by atoms with E-state index >= 15 is 0 Å². The molecule has 0 spiro atoms. The first-order chi connectivity index (χ1) is 12.7. The van der Waals surface area contributed by atoms with Crippen molar-refractivity contribution in [3.05, 3.63) is 48.0 Å². The number of nitrogens with zero attached hydrogens (tertiary/aromatic N) is 4. The van der Waals surface area contributed by atoms with E-state index in [1.807, 2.05) is 37.4 Å². The lowest BCUT2D eigenvalue weighted by Crippen LogP contribution is -2.38. The highest BCUT2D eigenvalue weighted by atomic mass is 16.2. The van der Waals surface area contributed by atoms with Crippen molar-refractivity contribution in [1.82, 2.24) is 25.3 Å². The van der Waals surface area contributed by atoms with Crippen LogP contribution in [0, 0.1) is 18.8 Å². The molecule has 0 saturated heterocycles. The van der Waals surface area contributed by atoms with Crippen molar-refractivity contribution in [3.8, 4) is 5.69 Å². The maximum atomic E-state index is 12.8. The van der Waals surface area contributed by atoms with E-state index in [1.54, 1.807) is 10.9 Å². The van der Waals surface area contributed by atoms with Gasteiger partial charge in [0.15, 0.2) is 5.69 Å². The third-order valence-electron chi connectivity index (χ3n) is 6.05. The molecule has 1 N–H and O–H groups in total. The van der Waals surface area contributed by atoms with Gasteiger partial charge in [-0.1, -0.05) is 23.8 Å². The van der Waals surface area contributed by atoms with Crippen LogP contribution in [0.25, 0.3) is 16.5 Å². The molecule has 6 heteroatoms. The van der Waals surface area contributed by atoms with Gasteiger partial charge in [-0.05, 0) is 50.2 Å². The molecule has 2 heterocycles. The minimum Gasteiger partial charge on any atom is -0.348 e. The number of carbonyl (C=O) groups is 1. The van der Waals surface area contributed by atoms with Crippen molar-refractivity contribution in [3.63, 3.8) is 0 Å². The molecule has 2 fully saturated rings. The third kappa shape index (κ3) is 2.40. The Morgan fingerprint density at radius 3 is 2.96 bits per heavy atom. The number of carbonyl (C=O) groups excluding carboxylic acids is 1. The average Bonchev–Trinajstić information content (AvgIpc) is 3.37. The van der Waals surface area contributed by atoms with Crippen LogP contribution >= 0.6 is 0 Å². The van der Waals surface area contributed by atoms with Gasteiger partial charge in [0.05, 0.1) is 11.4 Å². The number of pyridine rings is 1. The molecule has 26 heavy (non-hydrogen) atoms. The van der Waals surface area contributed by atoms with Crippen molar-refractivity contribution < 1.29 is 4.79 Å². The second kappa shape index (κ2) is 5.90. The molecule has 132 valence electrons. The van der Waals surface area contributed by atoms with Crippen LogP contribution in [0.2, 0.25) is 0 Å². The second-order valence-electron chi connectivity index (χ2n) is 7.56. The second-order valence-corrected chi connectivity index (χ2v) is 7.56. The van der Waals surface area contributed by atoms with E-state index in [9.17, 15) is 4.79 Å². The highest BCUT2D eigenvalue weighted by Gasteiger charge is 2.40. The molecule has 3 unspecified atom stereocenters. The molecule has 2 aliphatic rings. The minimum absolute atomic E-state index is 0.104. The first-order valence-corrected chi connectivity index (χ1v) is 9.27. The Balaban J connectivity index is 1.46. The normalized spacial score (nSPS) is 24.3. The fourth-order valence-electron chi connectivity index (χ4n) is 4.72. The Morgan fingerprint density at radius 1 is 1.23 bits per heavy atom. The van der Waals surface area contributed by atoms with Crippen LogP contribution in [-0.4, -0.2) is 31.9 Å². The van der Waals surface area contributed by atoms with Crippen molar-refractivity contribution in [2.75, 3.05) is 0 Å². The van der Waals surface area contributed by atoms with Crippen LogP contribution in [-0.2, 0) is 0 Å². The van der Waals surface area contributed by atoms with Gasteiger partial charge in [-0.2, -0.15) is 0 Å². The van der Waals surface area contributed by atoms with Gasteiger partial charge in [0.2, 0.25) is 0 Å². The van der Waals surface area contributed by atoms with Gasteiger partial charge < -0.3 is 5.32 Å². The van der Waals surface area contributed by atoms with E-state index in [0.717, 1.165) is 34.5 Å². The first kappa shape index (κ1) is 15.5. The van der Waals surface area contributed by atoms with E-state index in [1.165, 1.54) is 19.3 Å². The maximum absolute atomic E-state index is 12.8. The number of rotatable bonds is 3. The number of hydrogen-bond acceptors (Lipinski definition) is 4. The minimum atomic E-state index is -0.104. The largest absolute Gasteiger partial charge is 0.348 e. The molecule has 3 aromatic rings. The summed E-state index contributed by atoms with van der Waals surface area (Å²) in [5.41, 5.74) is 2.09. The molecule has 5 rings (SSSR count). The van der Waals surface area contributed by atoms with Gasteiger partial charge in [-0.25, -0.2) is 4.68 Å². The van der Waals surface area contributed by atoms with E-state index in [2.05, 4.69) is 20.6 Å². The van der Waals surface area contributed by atoms with Crippen molar-refractivity contribution in [2.45, 2.75) is 38.6 Å². The zero-order valence-corrected chi connectivity index (χ0v) is 14.7. The standard InChI is InChI=1S/C20H21N5O/c1-12-19(20(26)22-17-10-13-5-6-14(17)9-13)23-24-25(12)18-4-2-3-15-11-21-8-7-16(15)18/h2-4,7-8,11,13-14,17H,5-6,9-10H2,1H3,(H,22,26). The van der Waals surface area contributed by atoms with Crippen molar-refractivity contribution in [2.24, 2.45) is 11.8 Å². The Bertz CT molecular complexity index is 990. The quantitative estimate of drug-likeness (QED) is 0.790.